The molecule has 1 aromatic rings. The average Bonchev–Trinajstić information content (AvgIpc) is 3.03. The van der Waals surface area contributed by atoms with Crippen molar-refractivity contribution in [2.75, 3.05) is 6.61 Å². The first kappa shape index (κ1) is 14.8. The van der Waals surface area contributed by atoms with Gasteiger partial charge in [0.1, 0.15) is 0 Å². The van der Waals surface area contributed by atoms with Crippen LogP contribution < -0.4 is 0 Å². The number of hydrogen-bond donors (Lipinski definition) is 0. The molecular weight excluding hydrogens is 286 g/mol. The minimum absolute atomic E-state index is 0.0322. The Hall–Kier alpha value is -1.17. The summed E-state index contributed by atoms with van der Waals surface area (Å²) in [6.07, 6.45) is 7.75. The molecule has 21 heavy (non-hydrogen) atoms. The molecule has 1 aromatic heterocycles. The zero-order valence-electron chi connectivity index (χ0n) is 12.2. The second-order valence-corrected chi connectivity index (χ2v) is 6.55. The number of β-lactam (4-membered cyclic amide) rings is 1. The van der Waals surface area contributed by atoms with Crippen molar-refractivity contribution in [2.24, 2.45) is 5.92 Å². The highest BCUT2D eigenvalue weighted by Crippen LogP contribution is 2.32. The topological polar surface area (TPSA) is 38.8 Å². The van der Waals surface area contributed by atoms with Crippen molar-refractivity contribution in [1.29, 1.82) is 0 Å². The third-order valence-electron chi connectivity index (χ3n) is 4.07. The van der Waals surface area contributed by atoms with Gasteiger partial charge in [0, 0.05) is 17.9 Å². The molecule has 0 saturated carbocycles. The van der Waals surface area contributed by atoms with E-state index in [-0.39, 0.29) is 24.2 Å². The summed E-state index contributed by atoms with van der Waals surface area (Å²) in [4.78, 5) is 19.0. The van der Waals surface area contributed by atoms with Crippen LogP contribution in [0.1, 0.15) is 37.5 Å². The van der Waals surface area contributed by atoms with Crippen LogP contribution >= 0.6 is 11.3 Å². The smallest absolute Gasteiger partial charge is 0.252 e. The summed E-state index contributed by atoms with van der Waals surface area (Å²) in [5, 5.41) is 3.55. The summed E-state index contributed by atoms with van der Waals surface area (Å²) in [6, 6.07) is 4.22. The lowest BCUT2D eigenvalue weighted by atomic mass is 9.88. The van der Waals surface area contributed by atoms with Crippen LogP contribution in [0.15, 0.2) is 23.6 Å². The first-order chi connectivity index (χ1) is 10.3. The van der Waals surface area contributed by atoms with Crippen LogP contribution in [-0.2, 0) is 14.4 Å². The second-order valence-electron chi connectivity index (χ2n) is 5.57. The minimum atomic E-state index is -0.243. The van der Waals surface area contributed by atoms with Gasteiger partial charge >= 0.3 is 0 Å². The quantitative estimate of drug-likeness (QED) is 0.782. The van der Waals surface area contributed by atoms with E-state index in [1.165, 1.54) is 9.94 Å². The lowest BCUT2D eigenvalue weighted by Gasteiger charge is -2.45. The molecule has 3 unspecified atom stereocenters. The summed E-state index contributed by atoms with van der Waals surface area (Å²) in [6.45, 7) is 2.77. The summed E-state index contributed by atoms with van der Waals surface area (Å²) in [7, 11) is 0. The molecule has 2 aliphatic heterocycles. The Morgan fingerprint density at radius 3 is 3.10 bits per heavy atom. The number of nitrogens with zero attached hydrogens (tertiary/aromatic N) is 1. The van der Waals surface area contributed by atoms with Crippen LogP contribution in [0.2, 0.25) is 0 Å². The molecule has 3 rings (SSSR count). The van der Waals surface area contributed by atoms with Crippen LogP contribution in [0.3, 0.4) is 0 Å². The number of carbonyl (C=O) groups is 1. The van der Waals surface area contributed by atoms with Gasteiger partial charge in [-0.25, -0.2) is 9.90 Å². The van der Waals surface area contributed by atoms with E-state index in [4.69, 9.17) is 9.57 Å². The number of carbonyl (C=O) groups excluding carboxylic acids is 1. The van der Waals surface area contributed by atoms with Gasteiger partial charge in [0.15, 0.2) is 6.29 Å². The first-order valence-corrected chi connectivity index (χ1v) is 8.45. The maximum Gasteiger partial charge on any atom is 0.252 e. The van der Waals surface area contributed by atoms with E-state index in [1.807, 2.05) is 13.0 Å². The molecule has 3 heterocycles. The normalized spacial score (nSPS) is 29.9. The molecule has 4 nitrogen and oxygen atoms in total. The van der Waals surface area contributed by atoms with Crippen molar-refractivity contribution in [3.05, 3.63) is 28.5 Å². The van der Waals surface area contributed by atoms with E-state index in [0.29, 0.717) is 0 Å². The van der Waals surface area contributed by atoms with Gasteiger partial charge in [-0.2, -0.15) is 0 Å². The Labute approximate surface area is 129 Å². The molecule has 0 radical (unpaired) electrons. The second kappa shape index (κ2) is 6.73. The lowest BCUT2D eigenvalue weighted by Crippen LogP contribution is -2.60. The van der Waals surface area contributed by atoms with Crippen LogP contribution in [0.5, 0.6) is 0 Å². The minimum Gasteiger partial charge on any atom is -0.350 e. The SMILES string of the molecule is CC1C(C/C=C/c2cccs2)C(=O)N1OC1CCCCO1. The highest BCUT2D eigenvalue weighted by molar-refractivity contribution is 7.10. The van der Waals surface area contributed by atoms with E-state index in [9.17, 15) is 4.79 Å². The summed E-state index contributed by atoms with van der Waals surface area (Å²) in [5.41, 5.74) is 0. The molecule has 114 valence electrons. The van der Waals surface area contributed by atoms with Crippen molar-refractivity contribution in [2.45, 2.75) is 44.9 Å². The number of rotatable bonds is 5. The van der Waals surface area contributed by atoms with Gasteiger partial charge in [-0.3, -0.25) is 4.79 Å². The van der Waals surface area contributed by atoms with Gasteiger partial charge in [-0.15, -0.1) is 11.3 Å². The fourth-order valence-corrected chi connectivity index (χ4v) is 3.38. The highest BCUT2D eigenvalue weighted by Gasteiger charge is 2.46. The van der Waals surface area contributed by atoms with Crippen molar-refractivity contribution in [3.63, 3.8) is 0 Å². The number of hydroxylamine groups is 2. The molecule has 2 saturated heterocycles. The van der Waals surface area contributed by atoms with Crippen LogP contribution in [0, 0.1) is 5.92 Å². The number of amides is 1. The number of hydrogen-bond acceptors (Lipinski definition) is 4. The molecule has 0 spiro atoms. The fourth-order valence-electron chi connectivity index (χ4n) is 2.74. The van der Waals surface area contributed by atoms with E-state index >= 15 is 0 Å². The van der Waals surface area contributed by atoms with Crippen molar-refractivity contribution in [3.8, 4) is 0 Å². The molecule has 0 aromatic carbocycles. The monoisotopic (exact) mass is 307 g/mol. The van der Waals surface area contributed by atoms with Crippen molar-refractivity contribution < 1.29 is 14.4 Å². The maximum absolute atomic E-state index is 12.2. The molecule has 1 amide bonds. The molecule has 5 heteroatoms. The fraction of sp³-hybridized carbons (Fsp3) is 0.562. The summed E-state index contributed by atoms with van der Waals surface area (Å²) in [5.74, 6) is 0.109. The van der Waals surface area contributed by atoms with Crippen molar-refractivity contribution >= 4 is 23.3 Å². The van der Waals surface area contributed by atoms with Crippen LogP contribution in [0.25, 0.3) is 6.08 Å². The largest absolute Gasteiger partial charge is 0.350 e. The van der Waals surface area contributed by atoms with Gasteiger partial charge in [-0.1, -0.05) is 12.1 Å². The van der Waals surface area contributed by atoms with Gasteiger partial charge in [-0.05, 0) is 43.7 Å². The third-order valence-corrected chi connectivity index (χ3v) is 4.91. The average molecular weight is 307 g/mol. The Balaban J connectivity index is 1.47. The highest BCUT2D eigenvalue weighted by atomic mass is 32.1. The predicted octanol–water partition coefficient (Wildman–Crippen LogP) is 3.46. The van der Waals surface area contributed by atoms with E-state index in [0.717, 1.165) is 32.3 Å². The Morgan fingerprint density at radius 2 is 2.43 bits per heavy atom. The number of thiophene rings is 1. The van der Waals surface area contributed by atoms with Gasteiger partial charge in [0.2, 0.25) is 0 Å². The van der Waals surface area contributed by atoms with Crippen LogP contribution in [0.4, 0.5) is 0 Å². The summed E-state index contributed by atoms with van der Waals surface area (Å²) >= 11 is 1.70. The van der Waals surface area contributed by atoms with Gasteiger partial charge in [0.05, 0.1) is 12.0 Å². The Morgan fingerprint density at radius 1 is 1.52 bits per heavy atom. The maximum atomic E-state index is 12.2. The van der Waals surface area contributed by atoms with E-state index in [1.54, 1.807) is 11.3 Å². The molecule has 0 N–H and O–H groups in total. The molecular formula is C16H21NO3S. The molecule has 2 fully saturated rings. The zero-order valence-corrected chi connectivity index (χ0v) is 13.1. The Kier molecular flexibility index (Phi) is 4.73. The van der Waals surface area contributed by atoms with Crippen LogP contribution in [-0.4, -0.2) is 29.9 Å². The number of allylic oxidation sites excluding steroid dienone is 1. The van der Waals surface area contributed by atoms with E-state index in [2.05, 4.69) is 23.6 Å². The summed E-state index contributed by atoms with van der Waals surface area (Å²) < 4.78 is 5.52. The molecule has 2 aliphatic rings. The molecule has 0 bridgehead atoms. The lowest BCUT2D eigenvalue weighted by molar-refractivity contribution is -0.316. The molecule has 0 aliphatic carbocycles. The third kappa shape index (κ3) is 3.36. The standard InChI is InChI=1S/C16H21NO3S/c1-12-14(8-4-6-13-7-5-11-21-13)16(18)17(12)20-15-9-2-3-10-19-15/h4-7,11-12,14-15H,2-3,8-10H2,1H3/b6-4+. The number of ether oxygens (including phenoxy) is 1. The van der Waals surface area contributed by atoms with Gasteiger partial charge in [0.25, 0.3) is 5.91 Å². The predicted molar refractivity (Wildman–Crippen MR) is 82.4 cm³/mol. The zero-order chi connectivity index (χ0) is 14.7. The first-order valence-electron chi connectivity index (χ1n) is 7.57. The molecule has 3 atom stereocenters. The van der Waals surface area contributed by atoms with Gasteiger partial charge < -0.3 is 4.74 Å². The van der Waals surface area contributed by atoms with Crippen molar-refractivity contribution in [1.82, 2.24) is 5.06 Å². The van der Waals surface area contributed by atoms with E-state index < -0.39 is 0 Å². The Bertz CT molecular complexity index is 494.